The van der Waals surface area contributed by atoms with Crippen LogP contribution in [0.5, 0.6) is 0 Å². The van der Waals surface area contributed by atoms with Gasteiger partial charge in [0, 0.05) is 36.1 Å². The number of rotatable bonds is 5. The highest BCUT2D eigenvalue weighted by atomic mass is 32.1. The molecule has 2 rings (SSSR count). The predicted octanol–water partition coefficient (Wildman–Crippen LogP) is 0.958. The van der Waals surface area contributed by atoms with E-state index in [2.05, 4.69) is 15.6 Å². The number of aryl methyl sites for hydroxylation is 1. The van der Waals surface area contributed by atoms with Gasteiger partial charge in [-0.2, -0.15) is 0 Å². The maximum absolute atomic E-state index is 12.0. The Morgan fingerprint density at radius 2 is 1.90 bits per heavy atom. The predicted molar refractivity (Wildman–Crippen MR) is 82.2 cm³/mol. The van der Waals surface area contributed by atoms with Crippen LogP contribution >= 0.6 is 11.3 Å². The van der Waals surface area contributed by atoms with Gasteiger partial charge < -0.3 is 16.4 Å². The smallest absolute Gasteiger partial charge is 0.280 e. The van der Waals surface area contributed by atoms with Gasteiger partial charge in [0.2, 0.25) is 5.91 Å². The molecule has 1 heterocycles. The molecule has 6 nitrogen and oxygen atoms in total. The molecule has 21 heavy (non-hydrogen) atoms. The number of amides is 2. The number of thiazole rings is 1. The van der Waals surface area contributed by atoms with E-state index in [1.165, 1.54) is 11.3 Å². The third kappa shape index (κ3) is 4.78. The molecule has 0 radical (unpaired) electrons. The molecule has 1 fully saturated rings. The van der Waals surface area contributed by atoms with Crippen molar-refractivity contribution in [2.45, 2.75) is 51.1 Å². The molecule has 0 aliphatic heterocycles. The molecule has 1 aliphatic carbocycles. The van der Waals surface area contributed by atoms with Crippen LogP contribution in [-0.2, 0) is 4.79 Å². The van der Waals surface area contributed by atoms with Crippen LogP contribution in [0.4, 0.5) is 0 Å². The Bertz CT molecular complexity index is 495. The lowest BCUT2D eigenvalue weighted by Crippen LogP contribution is -2.44. The highest BCUT2D eigenvalue weighted by Gasteiger charge is 2.24. The normalized spacial score (nSPS) is 21.8. The van der Waals surface area contributed by atoms with Crippen molar-refractivity contribution >= 4 is 23.2 Å². The quantitative estimate of drug-likeness (QED) is 0.754. The van der Waals surface area contributed by atoms with Crippen molar-refractivity contribution in [2.75, 3.05) is 6.54 Å². The molecule has 0 aromatic carbocycles. The van der Waals surface area contributed by atoms with Crippen molar-refractivity contribution in [2.24, 2.45) is 5.73 Å². The fourth-order valence-corrected chi connectivity index (χ4v) is 3.19. The number of nitrogens with one attached hydrogen (secondary N) is 2. The maximum Gasteiger partial charge on any atom is 0.280 e. The summed E-state index contributed by atoms with van der Waals surface area (Å²) in [5, 5.41) is 6.53. The standard InChI is InChI=1S/C14H22N4O2S/c1-9-8-16-14(21-9)13(20)18-11-4-2-10(3-5-11)17-12(19)6-7-15/h8,10-11H,2-7,15H2,1H3,(H,17,19)(H,18,20). The summed E-state index contributed by atoms with van der Waals surface area (Å²) in [5.74, 6) is -0.0769. The highest BCUT2D eigenvalue weighted by molar-refractivity contribution is 7.13. The first-order valence-corrected chi connectivity index (χ1v) is 8.13. The Morgan fingerprint density at radius 3 is 2.43 bits per heavy atom. The van der Waals surface area contributed by atoms with Gasteiger partial charge in [0.1, 0.15) is 0 Å². The van der Waals surface area contributed by atoms with E-state index in [-0.39, 0.29) is 23.9 Å². The van der Waals surface area contributed by atoms with Crippen molar-refractivity contribution in [3.63, 3.8) is 0 Å². The summed E-state index contributed by atoms with van der Waals surface area (Å²) in [6.07, 6.45) is 5.62. The summed E-state index contributed by atoms with van der Waals surface area (Å²) >= 11 is 1.41. The second-order valence-electron chi connectivity index (χ2n) is 5.40. The lowest BCUT2D eigenvalue weighted by Gasteiger charge is -2.29. The van der Waals surface area contributed by atoms with Gasteiger partial charge in [-0.1, -0.05) is 0 Å². The van der Waals surface area contributed by atoms with E-state index in [1.807, 2.05) is 6.92 Å². The number of carbonyl (C=O) groups is 2. The first-order chi connectivity index (χ1) is 10.1. The number of hydrogen-bond donors (Lipinski definition) is 3. The molecule has 1 saturated carbocycles. The molecule has 116 valence electrons. The molecule has 0 atom stereocenters. The van der Waals surface area contributed by atoms with Crippen molar-refractivity contribution < 1.29 is 9.59 Å². The lowest BCUT2D eigenvalue weighted by molar-refractivity contribution is -0.121. The first kappa shape index (κ1) is 15.9. The zero-order chi connectivity index (χ0) is 15.2. The second-order valence-corrected chi connectivity index (χ2v) is 6.64. The summed E-state index contributed by atoms with van der Waals surface area (Å²) in [7, 11) is 0. The van der Waals surface area contributed by atoms with E-state index in [9.17, 15) is 9.59 Å². The third-order valence-corrected chi connectivity index (χ3v) is 4.53. The molecular weight excluding hydrogens is 288 g/mol. The minimum absolute atomic E-state index is 0.0169. The number of nitrogens with two attached hydrogens (primary N) is 1. The van der Waals surface area contributed by atoms with Gasteiger partial charge in [0.15, 0.2) is 5.01 Å². The molecule has 0 spiro atoms. The van der Waals surface area contributed by atoms with E-state index in [4.69, 9.17) is 5.73 Å². The van der Waals surface area contributed by atoms with Gasteiger partial charge in [-0.25, -0.2) is 4.98 Å². The number of hydrogen-bond acceptors (Lipinski definition) is 5. The van der Waals surface area contributed by atoms with Crippen LogP contribution < -0.4 is 16.4 Å². The van der Waals surface area contributed by atoms with E-state index in [0.717, 1.165) is 30.6 Å². The fourth-order valence-electron chi connectivity index (χ4n) is 2.52. The Kier molecular flexibility index (Phi) is 5.69. The van der Waals surface area contributed by atoms with Gasteiger partial charge >= 0.3 is 0 Å². The summed E-state index contributed by atoms with van der Waals surface area (Å²) < 4.78 is 0. The van der Waals surface area contributed by atoms with Crippen LogP contribution in [0.25, 0.3) is 0 Å². The van der Waals surface area contributed by atoms with Gasteiger partial charge in [0.05, 0.1) is 0 Å². The second kappa shape index (κ2) is 7.51. The van der Waals surface area contributed by atoms with Crippen LogP contribution in [0.2, 0.25) is 0 Å². The summed E-state index contributed by atoms with van der Waals surface area (Å²) in [5.41, 5.74) is 5.36. The van der Waals surface area contributed by atoms with E-state index < -0.39 is 0 Å². The van der Waals surface area contributed by atoms with Gasteiger partial charge in [-0.3, -0.25) is 9.59 Å². The van der Waals surface area contributed by atoms with Crippen LogP contribution in [0.15, 0.2) is 6.20 Å². The maximum atomic E-state index is 12.0. The van der Waals surface area contributed by atoms with Crippen molar-refractivity contribution in [3.05, 3.63) is 16.1 Å². The monoisotopic (exact) mass is 310 g/mol. The summed E-state index contributed by atoms with van der Waals surface area (Å²) in [4.78, 5) is 28.6. The highest BCUT2D eigenvalue weighted by Crippen LogP contribution is 2.20. The van der Waals surface area contributed by atoms with Crippen molar-refractivity contribution in [1.82, 2.24) is 15.6 Å². The third-order valence-electron chi connectivity index (χ3n) is 3.61. The van der Waals surface area contributed by atoms with Crippen molar-refractivity contribution in [1.29, 1.82) is 0 Å². The minimum Gasteiger partial charge on any atom is -0.353 e. The molecule has 2 amide bonds. The van der Waals surface area contributed by atoms with Gasteiger partial charge in [-0.05, 0) is 32.6 Å². The van der Waals surface area contributed by atoms with Crippen molar-refractivity contribution in [3.8, 4) is 0 Å². The molecule has 1 aromatic rings. The molecule has 1 aliphatic rings. The Hall–Kier alpha value is -1.47. The summed E-state index contributed by atoms with van der Waals surface area (Å²) in [6.45, 7) is 2.31. The largest absolute Gasteiger partial charge is 0.353 e. The lowest BCUT2D eigenvalue weighted by atomic mass is 9.91. The van der Waals surface area contributed by atoms with E-state index >= 15 is 0 Å². The molecule has 4 N–H and O–H groups in total. The topological polar surface area (TPSA) is 97.1 Å². The average molecular weight is 310 g/mol. The van der Waals surface area contributed by atoms with Crippen LogP contribution in [0.3, 0.4) is 0 Å². The van der Waals surface area contributed by atoms with E-state index in [1.54, 1.807) is 6.20 Å². The first-order valence-electron chi connectivity index (χ1n) is 7.31. The van der Waals surface area contributed by atoms with E-state index in [0.29, 0.717) is 18.0 Å². The summed E-state index contributed by atoms with van der Waals surface area (Å²) in [6, 6.07) is 0.378. The fraction of sp³-hybridized carbons (Fsp3) is 0.643. The van der Waals surface area contributed by atoms with Gasteiger partial charge in [0.25, 0.3) is 5.91 Å². The van der Waals surface area contributed by atoms with Gasteiger partial charge in [-0.15, -0.1) is 11.3 Å². The molecule has 0 unspecified atom stereocenters. The number of nitrogens with zero attached hydrogens (tertiary/aromatic N) is 1. The molecule has 7 heteroatoms. The average Bonchev–Trinajstić information content (AvgIpc) is 2.88. The van der Waals surface area contributed by atoms with Crippen LogP contribution in [-0.4, -0.2) is 35.4 Å². The molecular formula is C14H22N4O2S. The SMILES string of the molecule is Cc1cnc(C(=O)NC2CCC(NC(=O)CCN)CC2)s1. The Morgan fingerprint density at radius 1 is 1.29 bits per heavy atom. The molecule has 0 bridgehead atoms. The van der Waals surface area contributed by atoms with Crippen LogP contribution in [0.1, 0.15) is 46.8 Å². The molecule has 0 saturated heterocycles. The zero-order valence-corrected chi connectivity index (χ0v) is 13.0. The zero-order valence-electron chi connectivity index (χ0n) is 12.2. The Labute approximate surface area is 128 Å². The number of carbonyl (C=O) groups excluding carboxylic acids is 2. The van der Waals surface area contributed by atoms with Crippen LogP contribution in [0, 0.1) is 6.92 Å². The minimum atomic E-state index is -0.0938. The molecule has 1 aromatic heterocycles. The number of aromatic nitrogens is 1. The Balaban J connectivity index is 1.74.